The lowest BCUT2D eigenvalue weighted by Gasteiger charge is -2.30. The van der Waals surface area contributed by atoms with Crippen LogP contribution in [-0.4, -0.2) is 32.9 Å². The molecule has 4 nitrogen and oxygen atoms in total. The average Bonchev–Trinajstić information content (AvgIpc) is 2.80. The molecule has 1 aromatic carbocycles. The number of carbonyl (C=O) groups is 1. The third kappa shape index (κ3) is 4.39. The summed E-state index contributed by atoms with van der Waals surface area (Å²) in [6.07, 6.45) is 2.00. The van der Waals surface area contributed by atoms with Gasteiger partial charge < -0.3 is 9.88 Å². The van der Waals surface area contributed by atoms with Crippen LogP contribution in [0, 0.1) is 0 Å². The van der Waals surface area contributed by atoms with E-state index < -0.39 is 0 Å². The molecule has 0 fully saturated rings. The van der Waals surface area contributed by atoms with Gasteiger partial charge in [0.2, 0.25) is 5.91 Å². The van der Waals surface area contributed by atoms with E-state index in [9.17, 15) is 4.79 Å². The first-order valence-electron chi connectivity index (χ1n) is 7.94. The molecule has 1 amide bonds. The van der Waals surface area contributed by atoms with Crippen molar-refractivity contribution in [3.63, 3.8) is 0 Å². The van der Waals surface area contributed by atoms with Crippen molar-refractivity contribution in [2.45, 2.75) is 59.0 Å². The van der Waals surface area contributed by atoms with Crippen LogP contribution in [0.2, 0.25) is 10.0 Å². The number of imidazole rings is 1. The second kappa shape index (κ2) is 7.54. The van der Waals surface area contributed by atoms with Crippen molar-refractivity contribution in [1.29, 1.82) is 0 Å². The van der Waals surface area contributed by atoms with E-state index in [0.717, 1.165) is 29.7 Å². The topological polar surface area (TPSA) is 49.0 Å². The van der Waals surface area contributed by atoms with Crippen LogP contribution in [0.3, 0.4) is 0 Å². The molecular weight excluding hydrogens is 333 g/mol. The van der Waals surface area contributed by atoms with E-state index in [4.69, 9.17) is 23.2 Å². The second-order valence-electron chi connectivity index (χ2n) is 6.31. The van der Waals surface area contributed by atoms with Crippen molar-refractivity contribution in [2.24, 2.45) is 0 Å². The Hall–Kier alpha value is -1.26. The normalized spacial score (nSPS) is 11.7. The Kier molecular flexibility index (Phi) is 5.93. The third-order valence-electron chi connectivity index (χ3n) is 3.78. The zero-order valence-electron chi connectivity index (χ0n) is 14.0. The summed E-state index contributed by atoms with van der Waals surface area (Å²) in [5.74, 6) is 1.05. The van der Waals surface area contributed by atoms with Gasteiger partial charge in [-0.15, -0.1) is 0 Å². The predicted molar refractivity (Wildman–Crippen MR) is 96.2 cm³/mol. The van der Waals surface area contributed by atoms with Crippen molar-refractivity contribution < 1.29 is 4.79 Å². The van der Waals surface area contributed by atoms with Crippen LogP contribution in [0.15, 0.2) is 12.1 Å². The standard InChI is InChI=1S/C17H23Cl2N3O/c1-10(2)22(11(3)4)17(23)7-5-6-16-20-14-8-12(18)13(19)9-15(14)21-16/h8-11H,5-7H2,1-4H3,(H,20,21). The Morgan fingerprint density at radius 2 is 1.78 bits per heavy atom. The van der Waals surface area contributed by atoms with Gasteiger partial charge in [0, 0.05) is 24.9 Å². The molecule has 0 aliphatic heterocycles. The van der Waals surface area contributed by atoms with Crippen LogP contribution in [0.1, 0.15) is 46.4 Å². The molecule has 0 spiro atoms. The summed E-state index contributed by atoms with van der Waals surface area (Å²) in [6, 6.07) is 3.97. The first kappa shape index (κ1) is 18.1. The van der Waals surface area contributed by atoms with E-state index in [2.05, 4.69) is 9.97 Å². The first-order valence-corrected chi connectivity index (χ1v) is 8.70. The predicted octanol–water partition coefficient (Wildman–Crippen LogP) is 4.84. The number of nitrogens with zero attached hydrogens (tertiary/aromatic N) is 2. The minimum Gasteiger partial charge on any atom is -0.342 e. The quantitative estimate of drug-likeness (QED) is 0.805. The summed E-state index contributed by atoms with van der Waals surface area (Å²) in [6.45, 7) is 8.19. The van der Waals surface area contributed by atoms with Crippen molar-refractivity contribution in [3.8, 4) is 0 Å². The molecule has 1 aromatic heterocycles. The Balaban J connectivity index is 1.97. The first-order chi connectivity index (χ1) is 10.8. The second-order valence-corrected chi connectivity index (χ2v) is 7.12. The Morgan fingerprint density at radius 3 is 2.39 bits per heavy atom. The molecule has 0 saturated carbocycles. The Morgan fingerprint density at radius 1 is 1.17 bits per heavy atom. The Labute approximate surface area is 147 Å². The summed E-state index contributed by atoms with van der Waals surface area (Å²) >= 11 is 12.0. The molecule has 1 heterocycles. The van der Waals surface area contributed by atoms with Crippen molar-refractivity contribution in [2.75, 3.05) is 0 Å². The van der Waals surface area contributed by atoms with Gasteiger partial charge in [-0.05, 0) is 46.2 Å². The number of halogens is 2. The van der Waals surface area contributed by atoms with E-state index >= 15 is 0 Å². The molecule has 0 bridgehead atoms. The lowest BCUT2D eigenvalue weighted by molar-refractivity contribution is -0.134. The molecule has 6 heteroatoms. The molecule has 1 N–H and O–H groups in total. The molecule has 0 aliphatic carbocycles. The number of fused-ring (bicyclic) bond motifs is 1. The van der Waals surface area contributed by atoms with Gasteiger partial charge in [0.25, 0.3) is 0 Å². The maximum absolute atomic E-state index is 12.3. The van der Waals surface area contributed by atoms with Gasteiger partial charge in [0.15, 0.2) is 0 Å². The number of amides is 1. The number of rotatable bonds is 6. The minimum absolute atomic E-state index is 0.192. The fourth-order valence-electron chi connectivity index (χ4n) is 2.88. The van der Waals surface area contributed by atoms with Crippen LogP contribution >= 0.6 is 23.2 Å². The molecule has 2 aromatic rings. The number of aryl methyl sites for hydroxylation is 1. The van der Waals surface area contributed by atoms with Gasteiger partial charge in [-0.25, -0.2) is 4.98 Å². The van der Waals surface area contributed by atoms with Crippen LogP contribution in [0.25, 0.3) is 11.0 Å². The number of carbonyl (C=O) groups excluding carboxylic acids is 1. The summed E-state index contributed by atoms with van der Waals surface area (Å²) in [5, 5.41) is 1.01. The molecule has 0 atom stereocenters. The van der Waals surface area contributed by atoms with Crippen LogP contribution in [-0.2, 0) is 11.2 Å². The largest absolute Gasteiger partial charge is 0.342 e. The lowest BCUT2D eigenvalue weighted by atomic mass is 10.1. The minimum atomic E-state index is 0.192. The van der Waals surface area contributed by atoms with E-state index in [1.54, 1.807) is 12.1 Å². The van der Waals surface area contributed by atoms with E-state index in [1.807, 2.05) is 32.6 Å². The van der Waals surface area contributed by atoms with Crippen LogP contribution < -0.4 is 0 Å². The highest BCUT2D eigenvalue weighted by Gasteiger charge is 2.19. The fourth-order valence-corrected chi connectivity index (χ4v) is 3.21. The molecule has 0 unspecified atom stereocenters. The number of nitrogens with one attached hydrogen (secondary N) is 1. The monoisotopic (exact) mass is 355 g/mol. The fraction of sp³-hybridized carbons (Fsp3) is 0.529. The number of aromatic nitrogens is 2. The smallest absolute Gasteiger partial charge is 0.223 e. The molecule has 0 saturated heterocycles. The van der Waals surface area contributed by atoms with Gasteiger partial charge in [-0.3, -0.25) is 4.79 Å². The molecule has 126 valence electrons. The summed E-state index contributed by atoms with van der Waals surface area (Å²) in [5.41, 5.74) is 1.67. The van der Waals surface area contributed by atoms with Crippen molar-refractivity contribution in [3.05, 3.63) is 28.0 Å². The number of H-pyrrole nitrogens is 1. The van der Waals surface area contributed by atoms with Crippen LogP contribution in [0.4, 0.5) is 0 Å². The third-order valence-corrected chi connectivity index (χ3v) is 4.50. The number of benzene rings is 1. The maximum Gasteiger partial charge on any atom is 0.223 e. The highest BCUT2D eigenvalue weighted by molar-refractivity contribution is 6.42. The van der Waals surface area contributed by atoms with Gasteiger partial charge in [-0.1, -0.05) is 23.2 Å². The lowest BCUT2D eigenvalue weighted by Crippen LogP contribution is -2.41. The molecular formula is C17H23Cl2N3O. The highest BCUT2D eigenvalue weighted by Crippen LogP contribution is 2.26. The number of hydrogen-bond acceptors (Lipinski definition) is 2. The van der Waals surface area contributed by atoms with Crippen LogP contribution in [0.5, 0.6) is 0 Å². The van der Waals surface area contributed by atoms with E-state index in [1.165, 1.54) is 0 Å². The van der Waals surface area contributed by atoms with Gasteiger partial charge in [-0.2, -0.15) is 0 Å². The number of aromatic amines is 1. The number of hydrogen-bond donors (Lipinski definition) is 1. The molecule has 0 aliphatic rings. The highest BCUT2D eigenvalue weighted by atomic mass is 35.5. The summed E-state index contributed by atoms with van der Waals surface area (Å²) < 4.78 is 0. The average molecular weight is 356 g/mol. The zero-order chi connectivity index (χ0) is 17.1. The molecule has 2 rings (SSSR count). The van der Waals surface area contributed by atoms with Crippen molar-refractivity contribution >= 4 is 40.1 Å². The van der Waals surface area contributed by atoms with E-state index in [0.29, 0.717) is 16.5 Å². The summed E-state index contributed by atoms with van der Waals surface area (Å²) in [4.78, 5) is 22.0. The molecule has 23 heavy (non-hydrogen) atoms. The maximum atomic E-state index is 12.3. The van der Waals surface area contributed by atoms with Crippen molar-refractivity contribution in [1.82, 2.24) is 14.9 Å². The van der Waals surface area contributed by atoms with E-state index in [-0.39, 0.29) is 18.0 Å². The van der Waals surface area contributed by atoms with Gasteiger partial charge in [0.1, 0.15) is 5.82 Å². The van der Waals surface area contributed by atoms with Gasteiger partial charge >= 0.3 is 0 Å². The SMILES string of the molecule is CC(C)N(C(=O)CCCc1nc2cc(Cl)c(Cl)cc2[nH]1)C(C)C. The summed E-state index contributed by atoms with van der Waals surface area (Å²) in [7, 11) is 0. The molecule has 0 radical (unpaired) electrons. The zero-order valence-corrected chi connectivity index (χ0v) is 15.5. The Bertz CT molecular complexity index is 647. The van der Waals surface area contributed by atoms with Gasteiger partial charge in [0.05, 0.1) is 21.1 Å².